The van der Waals surface area contributed by atoms with Gasteiger partial charge in [0.1, 0.15) is 17.1 Å². The van der Waals surface area contributed by atoms with E-state index >= 15 is 0 Å². The summed E-state index contributed by atoms with van der Waals surface area (Å²) in [6.45, 7) is 5.64. The second-order valence-electron chi connectivity index (χ2n) is 11.9. The average Bonchev–Trinajstić information content (AvgIpc) is 3.41. The molecule has 0 saturated carbocycles. The summed E-state index contributed by atoms with van der Waals surface area (Å²) in [7, 11) is 0. The van der Waals surface area contributed by atoms with Gasteiger partial charge in [0, 0.05) is 36.0 Å². The summed E-state index contributed by atoms with van der Waals surface area (Å²) in [6, 6.07) is 19.3. The second kappa shape index (κ2) is 15.8. The van der Waals surface area contributed by atoms with Gasteiger partial charge in [-0.1, -0.05) is 40.2 Å². The topological polar surface area (TPSA) is 128 Å². The molecule has 0 aliphatic carbocycles. The molecule has 0 fully saturated rings. The molecule has 0 saturated heterocycles. The highest BCUT2D eigenvalue weighted by atomic mass is 79.9. The lowest BCUT2D eigenvalue weighted by Crippen LogP contribution is -2.52. The molecule has 48 heavy (non-hydrogen) atoms. The van der Waals surface area contributed by atoms with E-state index in [-0.39, 0.29) is 37.6 Å². The Bertz CT molecular complexity index is 1560. The Morgan fingerprint density at radius 1 is 0.979 bits per heavy atom. The van der Waals surface area contributed by atoms with Crippen molar-refractivity contribution in [2.75, 3.05) is 13.2 Å². The van der Waals surface area contributed by atoms with Crippen LogP contribution in [0.2, 0.25) is 0 Å². The molecule has 1 amide bonds. The Morgan fingerprint density at radius 2 is 1.62 bits per heavy atom. The van der Waals surface area contributed by atoms with E-state index in [0.29, 0.717) is 35.5 Å². The summed E-state index contributed by atoms with van der Waals surface area (Å²) in [5.74, 6) is -0.749. The molecule has 0 unspecified atom stereocenters. The lowest BCUT2D eigenvalue weighted by molar-refractivity contribution is -0.274. The minimum atomic E-state index is -4.81. The first-order valence-electron chi connectivity index (χ1n) is 15.1. The molecule has 0 aromatic heterocycles. The number of hydrogen-bond acceptors (Lipinski definition) is 9. The van der Waals surface area contributed by atoms with Crippen molar-refractivity contribution in [3.63, 3.8) is 0 Å². The van der Waals surface area contributed by atoms with Crippen molar-refractivity contribution in [1.29, 1.82) is 0 Å². The zero-order chi connectivity index (χ0) is 35.0. The largest absolute Gasteiger partial charge is 0.573 e. The van der Waals surface area contributed by atoms with E-state index in [9.17, 15) is 22.8 Å². The first-order chi connectivity index (χ1) is 22.7. The number of amides is 1. The zero-order valence-corrected chi connectivity index (χ0v) is 28.2. The molecule has 0 radical (unpaired) electrons. The van der Waals surface area contributed by atoms with Crippen molar-refractivity contribution in [3.8, 4) is 11.5 Å². The summed E-state index contributed by atoms with van der Waals surface area (Å²) in [4.78, 5) is 31.9. The molecule has 3 aromatic carbocycles. The molecule has 0 spiro atoms. The fourth-order valence-corrected chi connectivity index (χ4v) is 5.10. The predicted octanol–water partition coefficient (Wildman–Crippen LogP) is 6.31. The van der Waals surface area contributed by atoms with Crippen LogP contribution >= 0.6 is 15.9 Å². The van der Waals surface area contributed by atoms with Crippen LogP contribution in [0.25, 0.3) is 0 Å². The maximum Gasteiger partial charge on any atom is 0.573 e. The van der Waals surface area contributed by atoms with Crippen LogP contribution in [0.3, 0.4) is 0 Å². The Kier molecular flexibility index (Phi) is 12.1. The number of ether oxygens (including phenoxy) is 4. The maximum atomic E-state index is 14.2. The lowest BCUT2D eigenvalue weighted by atomic mass is 9.83. The monoisotopic (exact) mass is 735 g/mol. The average molecular weight is 737 g/mol. The van der Waals surface area contributed by atoms with E-state index < -0.39 is 35.5 Å². The normalized spacial score (nSPS) is 17.7. The molecule has 1 aliphatic rings. The van der Waals surface area contributed by atoms with Crippen LogP contribution in [-0.2, 0) is 25.6 Å². The maximum absolute atomic E-state index is 14.2. The van der Waals surface area contributed by atoms with Crippen molar-refractivity contribution in [3.05, 3.63) is 94.0 Å². The van der Waals surface area contributed by atoms with Gasteiger partial charge in [0.25, 0.3) is 5.91 Å². The van der Waals surface area contributed by atoms with Gasteiger partial charge in [-0.05, 0) is 86.8 Å². The number of nitrogens with zero attached hydrogens (tertiary/aromatic N) is 1. The number of hydrazine groups is 1. The van der Waals surface area contributed by atoms with Crippen molar-refractivity contribution in [1.82, 2.24) is 10.9 Å². The molecule has 3 aromatic rings. The highest BCUT2D eigenvalue weighted by Crippen LogP contribution is 2.43. The van der Waals surface area contributed by atoms with Gasteiger partial charge >= 0.3 is 12.3 Å². The van der Waals surface area contributed by atoms with Crippen molar-refractivity contribution >= 4 is 33.7 Å². The quantitative estimate of drug-likeness (QED) is 0.1000. The molecule has 14 heteroatoms. The smallest absolute Gasteiger partial charge is 0.494 e. The van der Waals surface area contributed by atoms with Gasteiger partial charge in [0.15, 0.2) is 11.6 Å². The standard InChI is InChI=1S/C34H37BrF3N3O7/c1-32(2,3)48-28(43)17-18-33(31(44)41-39-21-22-5-13-27(14-6-22)47-34(36,37)38)29(23-7-11-25(35)12-8-23)46-30(40-33)24-9-15-26(16-10-24)45-20-4-19-42/h5-16,29,39,42H,4,17-21H2,1-3H3,(H,41,44)/t29-,33-/m0/s1. The van der Waals surface area contributed by atoms with Gasteiger partial charge in [0.05, 0.1) is 6.61 Å². The van der Waals surface area contributed by atoms with Crippen LogP contribution in [-0.4, -0.2) is 53.6 Å². The van der Waals surface area contributed by atoms with Crippen molar-refractivity contribution in [2.45, 2.75) is 70.2 Å². The highest BCUT2D eigenvalue weighted by Gasteiger charge is 2.53. The van der Waals surface area contributed by atoms with Crippen molar-refractivity contribution < 1.29 is 46.8 Å². The van der Waals surface area contributed by atoms with Crippen LogP contribution < -0.4 is 20.3 Å². The number of aliphatic hydroxyl groups excluding tert-OH is 1. The fourth-order valence-electron chi connectivity index (χ4n) is 4.84. The van der Waals surface area contributed by atoms with Crippen LogP contribution in [0.15, 0.2) is 82.3 Å². The lowest BCUT2D eigenvalue weighted by Gasteiger charge is -2.31. The number of esters is 1. The number of alkyl halides is 3. The van der Waals surface area contributed by atoms with E-state index in [1.54, 1.807) is 69.3 Å². The van der Waals surface area contributed by atoms with Crippen LogP contribution in [0, 0.1) is 0 Å². The Balaban J connectivity index is 1.63. The van der Waals surface area contributed by atoms with Crippen LogP contribution in [0.1, 0.15) is 62.8 Å². The number of halogens is 4. The predicted molar refractivity (Wildman–Crippen MR) is 174 cm³/mol. The summed E-state index contributed by atoms with van der Waals surface area (Å²) in [6.07, 6.45) is -5.52. The van der Waals surface area contributed by atoms with E-state index in [1.807, 2.05) is 0 Å². The third-order valence-corrected chi connectivity index (χ3v) is 7.51. The molecular formula is C34H37BrF3N3O7. The SMILES string of the molecule is CC(C)(C)OC(=O)CC[C@]1(C(=O)NNCc2ccc(OC(F)(F)F)cc2)N=C(c2ccc(OCCCO)cc2)O[C@H]1c1ccc(Br)cc1. The molecule has 4 rings (SSSR count). The molecule has 1 heterocycles. The number of aliphatic imine (C=N–C) groups is 1. The van der Waals surface area contributed by atoms with Gasteiger partial charge in [-0.3, -0.25) is 15.0 Å². The van der Waals surface area contributed by atoms with E-state index in [2.05, 4.69) is 31.5 Å². The van der Waals surface area contributed by atoms with E-state index in [4.69, 9.17) is 24.3 Å². The fraction of sp³-hybridized carbons (Fsp3) is 0.382. The number of carbonyl (C=O) groups is 2. The zero-order valence-electron chi connectivity index (χ0n) is 26.6. The van der Waals surface area contributed by atoms with Gasteiger partial charge in [-0.25, -0.2) is 10.4 Å². The minimum Gasteiger partial charge on any atom is -0.494 e. The number of aliphatic hydroxyl groups is 1. The molecule has 1 aliphatic heterocycles. The summed E-state index contributed by atoms with van der Waals surface area (Å²) in [5, 5.41) is 9.03. The summed E-state index contributed by atoms with van der Waals surface area (Å²) >= 11 is 3.43. The van der Waals surface area contributed by atoms with Crippen LogP contribution in [0.4, 0.5) is 13.2 Å². The number of rotatable bonds is 14. The third-order valence-electron chi connectivity index (χ3n) is 6.98. The minimum absolute atomic E-state index is 0.00563. The number of benzene rings is 3. The number of hydrogen-bond donors (Lipinski definition) is 3. The van der Waals surface area contributed by atoms with Gasteiger partial charge in [-0.15, -0.1) is 13.2 Å². The first kappa shape index (κ1) is 36.7. The molecule has 10 nitrogen and oxygen atoms in total. The van der Waals surface area contributed by atoms with Crippen LogP contribution in [0.5, 0.6) is 11.5 Å². The molecule has 0 bridgehead atoms. The number of carbonyl (C=O) groups excluding carboxylic acids is 2. The van der Waals surface area contributed by atoms with Gasteiger partial charge in [-0.2, -0.15) is 0 Å². The Morgan fingerprint density at radius 3 is 2.23 bits per heavy atom. The Hall–Kier alpha value is -4.14. The summed E-state index contributed by atoms with van der Waals surface area (Å²) < 4.78 is 59.9. The summed E-state index contributed by atoms with van der Waals surface area (Å²) in [5.41, 5.74) is 4.84. The highest BCUT2D eigenvalue weighted by molar-refractivity contribution is 9.10. The third kappa shape index (κ3) is 10.4. The van der Waals surface area contributed by atoms with E-state index in [0.717, 1.165) is 4.47 Å². The van der Waals surface area contributed by atoms with Gasteiger partial charge in [0.2, 0.25) is 5.90 Å². The second-order valence-corrected chi connectivity index (χ2v) is 12.8. The van der Waals surface area contributed by atoms with E-state index in [1.165, 1.54) is 24.3 Å². The first-order valence-corrected chi connectivity index (χ1v) is 15.9. The van der Waals surface area contributed by atoms with Crippen molar-refractivity contribution in [2.24, 2.45) is 4.99 Å². The molecular weight excluding hydrogens is 699 g/mol. The van der Waals surface area contributed by atoms with Gasteiger partial charge < -0.3 is 24.1 Å². The number of nitrogens with one attached hydrogen (secondary N) is 2. The molecule has 3 N–H and O–H groups in total. The molecule has 2 atom stereocenters. The molecule has 258 valence electrons. The Labute approximate surface area is 284 Å².